The molecule has 1 amide bonds. The van der Waals surface area contributed by atoms with Crippen LogP contribution in [0.15, 0.2) is 0 Å². The lowest BCUT2D eigenvalue weighted by Gasteiger charge is -2.17. The first-order chi connectivity index (χ1) is 7.93. The van der Waals surface area contributed by atoms with Crippen LogP contribution in [0.1, 0.15) is 19.3 Å². The number of carbonyl (C=O) groups is 1. The molecule has 0 atom stereocenters. The standard InChI is InChI=1S/C10H16F4N2O/c11-9(12)10(13,14)7-15-4-3-8(17)16-5-1-2-6-16/h9,15H,1-7H2. The highest BCUT2D eigenvalue weighted by Gasteiger charge is 2.39. The molecule has 0 aliphatic carbocycles. The molecule has 0 unspecified atom stereocenters. The van der Waals surface area contributed by atoms with Crippen LogP contribution in [0.3, 0.4) is 0 Å². The molecule has 1 aliphatic rings. The largest absolute Gasteiger partial charge is 0.343 e. The zero-order chi connectivity index (χ0) is 12.9. The normalized spacial score (nSPS) is 16.9. The Kier molecular flexibility index (Phi) is 5.17. The summed E-state index contributed by atoms with van der Waals surface area (Å²) >= 11 is 0. The summed E-state index contributed by atoms with van der Waals surface area (Å²) in [6.45, 7) is 0.299. The van der Waals surface area contributed by atoms with Gasteiger partial charge in [0.25, 0.3) is 0 Å². The monoisotopic (exact) mass is 256 g/mol. The number of hydrogen-bond acceptors (Lipinski definition) is 2. The van der Waals surface area contributed by atoms with E-state index in [1.165, 1.54) is 0 Å². The Labute approximate surface area is 97.2 Å². The van der Waals surface area contributed by atoms with Crippen LogP contribution >= 0.6 is 0 Å². The molecule has 1 saturated heterocycles. The third-order valence-electron chi connectivity index (χ3n) is 2.65. The second-order valence-corrected chi connectivity index (χ2v) is 4.08. The van der Waals surface area contributed by atoms with Gasteiger partial charge in [0.2, 0.25) is 5.91 Å². The Morgan fingerprint density at radius 3 is 2.41 bits per heavy atom. The molecule has 0 aromatic carbocycles. The van der Waals surface area contributed by atoms with E-state index in [1.807, 2.05) is 0 Å². The Morgan fingerprint density at radius 1 is 1.29 bits per heavy atom. The summed E-state index contributed by atoms with van der Waals surface area (Å²) in [7, 11) is 0. The third-order valence-corrected chi connectivity index (χ3v) is 2.65. The number of nitrogens with zero attached hydrogens (tertiary/aromatic N) is 1. The number of alkyl halides is 4. The lowest BCUT2D eigenvalue weighted by Crippen LogP contribution is -2.40. The van der Waals surface area contributed by atoms with Crippen molar-refractivity contribution in [2.24, 2.45) is 0 Å². The number of hydrogen-bond donors (Lipinski definition) is 1. The van der Waals surface area contributed by atoms with E-state index >= 15 is 0 Å². The molecule has 1 rings (SSSR count). The molecule has 1 fully saturated rings. The van der Waals surface area contributed by atoms with Gasteiger partial charge in [0.15, 0.2) is 0 Å². The maximum absolute atomic E-state index is 12.5. The molecule has 17 heavy (non-hydrogen) atoms. The van der Waals surface area contributed by atoms with E-state index in [2.05, 4.69) is 5.32 Å². The smallest absolute Gasteiger partial charge is 0.319 e. The van der Waals surface area contributed by atoms with E-state index in [0.717, 1.165) is 12.8 Å². The van der Waals surface area contributed by atoms with E-state index in [-0.39, 0.29) is 18.9 Å². The molecule has 100 valence electrons. The van der Waals surface area contributed by atoms with Crippen LogP contribution in [0.4, 0.5) is 17.6 Å². The van der Waals surface area contributed by atoms with Crippen LogP contribution in [0.2, 0.25) is 0 Å². The van der Waals surface area contributed by atoms with Gasteiger partial charge in [0.1, 0.15) is 0 Å². The van der Waals surface area contributed by atoms with Gasteiger partial charge in [-0.3, -0.25) is 4.79 Å². The Hall–Kier alpha value is -0.850. The van der Waals surface area contributed by atoms with E-state index < -0.39 is 18.9 Å². The van der Waals surface area contributed by atoms with E-state index in [9.17, 15) is 22.4 Å². The van der Waals surface area contributed by atoms with E-state index in [1.54, 1.807) is 4.90 Å². The van der Waals surface area contributed by atoms with Crippen molar-refractivity contribution < 1.29 is 22.4 Å². The maximum atomic E-state index is 12.5. The van der Waals surface area contributed by atoms with Gasteiger partial charge < -0.3 is 10.2 Å². The van der Waals surface area contributed by atoms with E-state index in [4.69, 9.17) is 0 Å². The summed E-state index contributed by atoms with van der Waals surface area (Å²) in [5.41, 5.74) is 0. The van der Waals surface area contributed by atoms with Crippen molar-refractivity contribution >= 4 is 5.91 Å². The number of likely N-dealkylation sites (tertiary alicyclic amines) is 1. The van der Waals surface area contributed by atoms with Gasteiger partial charge in [-0.15, -0.1) is 0 Å². The zero-order valence-electron chi connectivity index (χ0n) is 9.39. The second kappa shape index (κ2) is 6.18. The minimum absolute atomic E-state index is 0.00234. The first kappa shape index (κ1) is 14.2. The summed E-state index contributed by atoms with van der Waals surface area (Å²) < 4.78 is 48.5. The third kappa shape index (κ3) is 4.49. The molecule has 0 radical (unpaired) electrons. The van der Waals surface area contributed by atoms with Gasteiger partial charge in [-0.05, 0) is 12.8 Å². The fourth-order valence-corrected chi connectivity index (χ4v) is 1.65. The highest BCUT2D eigenvalue weighted by molar-refractivity contribution is 5.76. The summed E-state index contributed by atoms with van der Waals surface area (Å²) in [6.07, 6.45) is -1.69. The average Bonchev–Trinajstić information content (AvgIpc) is 2.77. The topological polar surface area (TPSA) is 32.3 Å². The molecule has 3 nitrogen and oxygen atoms in total. The summed E-state index contributed by atoms with van der Waals surface area (Å²) in [6, 6.07) is 0. The van der Waals surface area contributed by atoms with Gasteiger partial charge in [-0.1, -0.05) is 0 Å². The summed E-state index contributed by atoms with van der Waals surface area (Å²) in [4.78, 5) is 13.1. The lowest BCUT2D eigenvalue weighted by atomic mass is 10.3. The SMILES string of the molecule is O=C(CCNCC(F)(F)C(F)F)N1CCCC1. The van der Waals surface area contributed by atoms with Gasteiger partial charge in [-0.2, -0.15) is 8.78 Å². The van der Waals surface area contributed by atoms with Crippen LogP contribution < -0.4 is 5.32 Å². The van der Waals surface area contributed by atoms with E-state index in [0.29, 0.717) is 13.1 Å². The minimum Gasteiger partial charge on any atom is -0.343 e. The summed E-state index contributed by atoms with van der Waals surface area (Å²) in [5.74, 6) is -4.15. The average molecular weight is 256 g/mol. The lowest BCUT2D eigenvalue weighted by molar-refractivity contribution is -0.131. The number of amides is 1. The predicted molar refractivity (Wildman–Crippen MR) is 54.3 cm³/mol. The molecule has 7 heteroatoms. The first-order valence-electron chi connectivity index (χ1n) is 5.58. The fraction of sp³-hybridized carbons (Fsp3) is 0.900. The molecule has 0 bridgehead atoms. The first-order valence-corrected chi connectivity index (χ1v) is 5.58. The molecule has 0 aromatic heterocycles. The number of halogens is 4. The predicted octanol–water partition coefficient (Wildman–Crippen LogP) is 1.49. The van der Waals surface area contributed by atoms with Crippen LogP contribution in [-0.4, -0.2) is 49.3 Å². The van der Waals surface area contributed by atoms with Crippen molar-refractivity contribution in [1.82, 2.24) is 10.2 Å². The van der Waals surface area contributed by atoms with Crippen molar-refractivity contribution in [3.8, 4) is 0 Å². The summed E-state index contributed by atoms with van der Waals surface area (Å²) in [5, 5.41) is 2.18. The number of rotatable bonds is 6. The van der Waals surface area contributed by atoms with Gasteiger partial charge in [0, 0.05) is 26.1 Å². The van der Waals surface area contributed by atoms with Gasteiger partial charge in [0.05, 0.1) is 6.54 Å². The van der Waals surface area contributed by atoms with Crippen LogP contribution in [0, 0.1) is 0 Å². The molecular formula is C10H16F4N2O. The van der Waals surface area contributed by atoms with Crippen LogP contribution in [-0.2, 0) is 4.79 Å². The molecule has 0 aromatic rings. The quantitative estimate of drug-likeness (QED) is 0.577. The van der Waals surface area contributed by atoms with Gasteiger partial charge >= 0.3 is 12.3 Å². The van der Waals surface area contributed by atoms with Gasteiger partial charge in [-0.25, -0.2) is 8.78 Å². The maximum Gasteiger partial charge on any atom is 0.319 e. The zero-order valence-corrected chi connectivity index (χ0v) is 9.39. The Balaban J connectivity index is 2.13. The van der Waals surface area contributed by atoms with Crippen molar-refractivity contribution in [2.75, 3.05) is 26.2 Å². The van der Waals surface area contributed by atoms with Crippen molar-refractivity contribution in [2.45, 2.75) is 31.6 Å². The van der Waals surface area contributed by atoms with Crippen molar-refractivity contribution in [3.63, 3.8) is 0 Å². The Morgan fingerprint density at radius 2 is 1.88 bits per heavy atom. The fourth-order valence-electron chi connectivity index (χ4n) is 1.65. The van der Waals surface area contributed by atoms with Crippen molar-refractivity contribution in [3.05, 3.63) is 0 Å². The highest BCUT2D eigenvalue weighted by Crippen LogP contribution is 2.21. The Bertz CT molecular complexity index is 255. The molecule has 1 aliphatic heterocycles. The number of nitrogens with one attached hydrogen (secondary N) is 1. The molecule has 0 spiro atoms. The molecule has 1 heterocycles. The number of carbonyl (C=O) groups excluding carboxylic acids is 1. The van der Waals surface area contributed by atoms with Crippen molar-refractivity contribution in [1.29, 1.82) is 0 Å². The molecule has 1 N–H and O–H groups in total. The van der Waals surface area contributed by atoms with Crippen LogP contribution in [0.25, 0.3) is 0 Å². The second-order valence-electron chi connectivity index (χ2n) is 4.08. The molecular weight excluding hydrogens is 240 g/mol. The minimum atomic E-state index is -4.03. The highest BCUT2D eigenvalue weighted by atomic mass is 19.3. The molecule has 0 saturated carbocycles. The van der Waals surface area contributed by atoms with Crippen LogP contribution in [0.5, 0.6) is 0 Å².